The zero-order valence-electron chi connectivity index (χ0n) is 11.3. The molecule has 0 spiro atoms. The van der Waals surface area contributed by atoms with Gasteiger partial charge in [-0.2, -0.15) is 0 Å². The van der Waals surface area contributed by atoms with E-state index in [1.807, 2.05) is 43.3 Å². The van der Waals surface area contributed by atoms with E-state index in [9.17, 15) is 4.79 Å². The molecule has 0 bridgehead atoms. The van der Waals surface area contributed by atoms with Crippen LogP contribution >= 0.6 is 22.9 Å². The molecule has 0 saturated heterocycles. The van der Waals surface area contributed by atoms with Crippen molar-refractivity contribution in [1.82, 2.24) is 10.3 Å². The standard InChI is InChI=1S/C16H13ClN2OS/c1-10(11-5-3-2-4-6-11)18-15(20)12-7-8-14-13(9-12)19-16(17)21-14/h2-10H,1H3,(H,18,20)/t10-/m1/s1. The van der Waals surface area contributed by atoms with Crippen LogP contribution in [0.2, 0.25) is 4.47 Å². The number of benzene rings is 2. The van der Waals surface area contributed by atoms with Gasteiger partial charge in [-0.3, -0.25) is 4.79 Å². The smallest absolute Gasteiger partial charge is 0.251 e. The normalized spacial score (nSPS) is 12.3. The van der Waals surface area contributed by atoms with Gasteiger partial charge in [0.1, 0.15) is 0 Å². The van der Waals surface area contributed by atoms with E-state index in [2.05, 4.69) is 10.3 Å². The van der Waals surface area contributed by atoms with Gasteiger partial charge in [-0.15, -0.1) is 11.3 Å². The van der Waals surface area contributed by atoms with Crippen LogP contribution in [0.25, 0.3) is 10.2 Å². The lowest BCUT2D eigenvalue weighted by molar-refractivity contribution is 0.0940. The maximum absolute atomic E-state index is 12.3. The highest BCUT2D eigenvalue weighted by molar-refractivity contribution is 7.22. The highest BCUT2D eigenvalue weighted by Gasteiger charge is 2.12. The second kappa shape index (κ2) is 5.84. The van der Waals surface area contributed by atoms with Gasteiger partial charge in [0, 0.05) is 5.56 Å². The molecule has 3 rings (SSSR count). The largest absolute Gasteiger partial charge is 0.346 e. The van der Waals surface area contributed by atoms with Gasteiger partial charge in [-0.05, 0) is 30.7 Å². The third-order valence-corrected chi connectivity index (χ3v) is 4.41. The lowest BCUT2D eigenvalue weighted by Crippen LogP contribution is -2.26. The molecular formula is C16H13ClN2OS. The number of nitrogens with one attached hydrogen (secondary N) is 1. The molecule has 0 aliphatic heterocycles. The summed E-state index contributed by atoms with van der Waals surface area (Å²) >= 11 is 7.29. The first-order valence-corrected chi connectivity index (χ1v) is 7.75. The fourth-order valence-electron chi connectivity index (χ4n) is 2.15. The molecule has 106 valence electrons. The minimum absolute atomic E-state index is 0.0478. The number of amides is 1. The third-order valence-electron chi connectivity index (χ3n) is 3.27. The topological polar surface area (TPSA) is 42.0 Å². The van der Waals surface area contributed by atoms with Gasteiger partial charge >= 0.3 is 0 Å². The number of hydrogen-bond acceptors (Lipinski definition) is 3. The number of nitrogens with zero attached hydrogens (tertiary/aromatic N) is 1. The van der Waals surface area contributed by atoms with E-state index in [1.54, 1.807) is 12.1 Å². The molecule has 1 atom stereocenters. The SMILES string of the molecule is C[C@@H](NC(=O)c1ccc2sc(Cl)nc2c1)c1ccccc1. The van der Waals surface area contributed by atoms with E-state index in [0.29, 0.717) is 10.0 Å². The van der Waals surface area contributed by atoms with E-state index >= 15 is 0 Å². The molecule has 3 nitrogen and oxygen atoms in total. The van der Waals surface area contributed by atoms with Crippen LogP contribution < -0.4 is 5.32 Å². The second-order valence-electron chi connectivity index (χ2n) is 4.76. The van der Waals surface area contributed by atoms with Crippen LogP contribution in [0.15, 0.2) is 48.5 Å². The predicted octanol–water partition coefficient (Wildman–Crippen LogP) is 4.44. The van der Waals surface area contributed by atoms with Crippen molar-refractivity contribution in [3.05, 3.63) is 64.1 Å². The summed E-state index contributed by atoms with van der Waals surface area (Å²) in [5, 5.41) is 2.99. The molecule has 0 aliphatic rings. The monoisotopic (exact) mass is 316 g/mol. The van der Waals surface area contributed by atoms with Crippen LogP contribution in [0.3, 0.4) is 0 Å². The summed E-state index contributed by atoms with van der Waals surface area (Å²) < 4.78 is 1.47. The average molecular weight is 317 g/mol. The van der Waals surface area contributed by atoms with Crippen LogP contribution in [0.1, 0.15) is 28.9 Å². The van der Waals surface area contributed by atoms with E-state index < -0.39 is 0 Å². The van der Waals surface area contributed by atoms with Gasteiger partial charge in [0.05, 0.1) is 16.3 Å². The lowest BCUT2D eigenvalue weighted by atomic mass is 10.1. The molecule has 2 aromatic carbocycles. The van der Waals surface area contributed by atoms with Gasteiger partial charge < -0.3 is 5.32 Å². The molecule has 0 fully saturated rings. The summed E-state index contributed by atoms with van der Waals surface area (Å²) in [4.78, 5) is 16.5. The van der Waals surface area contributed by atoms with Gasteiger partial charge in [0.2, 0.25) is 0 Å². The van der Waals surface area contributed by atoms with Crippen LogP contribution in [0, 0.1) is 0 Å². The number of carbonyl (C=O) groups excluding carboxylic acids is 1. The Balaban J connectivity index is 1.80. The summed E-state index contributed by atoms with van der Waals surface area (Å²) in [5.41, 5.74) is 2.42. The minimum Gasteiger partial charge on any atom is -0.346 e. The van der Waals surface area contributed by atoms with Crippen molar-refractivity contribution >= 4 is 39.1 Å². The fraction of sp³-hybridized carbons (Fsp3) is 0.125. The average Bonchev–Trinajstić information content (AvgIpc) is 2.87. The first-order chi connectivity index (χ1) is 10.1. The summed E-state index contributed by atoms with van der Waals surface area (Å²) in [6.07, 6.45) is 0. The second-order valence-corrected chi connectivity index (χ2v) is 6.37. The fourth-order valence-corrected chi connectivity index (χ4v) is 3.16. The number of halogens is 1. The van der Waals surface area contributed by atoms with Gasteiger partial charge in [-0.25, -0.2) is 4.98 Å². The highest BCUT2D eigenvalue weighted by Crippen LogP contribution is 2.26. The van der Waals surface area contributed by atoms with E-state index in [4.69, 9.17) is 11.6 Å². The first kappa shape index (κ1) is 14.0. The van der Waals surface area contributed by atoms with E-state index in [1.165, 1.54) is 11.3 Å². The number of aromatic nitrogens is 1. The number of rotatable bonds is 3. The molecule has 5 heteroatoms. The summed E-state index contributed by atoms with van der Waals surface area (Å²) in [6.45, 7) is 1.96. The molecule has 1 heterocycles. The van der Waals surface area contributed by atoms with E-state index in [-0.39, 0.29) is 11.9 Å². The van der Waals surface area contributed by atoms with Crippen LogP contribution in [0.5, 0.6) is 0 Å². The third kappa shape index (κ3) is 3.06. The van der Waals surface area contributed by atoms with E-state index in [0.717, 1.165) is 15.8 Å². The van der Waals surface area contributed by atoms with Crippen molar-refractivity contribution in [2.24, 2.45) is 0 Å². The maximum Gasteiger partial charge on any atom is 0.251 e. The van der Waals surface area contributed by atoms with Crippen LogP contribution in [0.4, 0.5) is 0 Å². The zero-order valence-corrected chi connectivity index (χ0v) is 12.9. The van der Waals surface area contributed by atoms with Crippen LogP contribution in [-0.4, -0.2) is 10.9 Å². The Morgan fingerprint density at radius 1 is 1.24 bits per heavy atom. The van der Waals surface area contributed by atoms with Crippen molar-refractivity contribution in [3.63, 3.8) is 0 Å². The van der Waals surface area contributed by atoms with Crippen molar-refractivity contribution in [1.29, 1.82) is 0 Å². The summed E-state index contributed by atoms with van der Waals surface area (Å²) in [6, 6.07) is 15.3. The summed E-state index contributed by atoms with van der Waals surface area (Å²) in [5.74, 6) is -0.114. The van der Waals surface area contributed by atoms with Crippen LogP contribution in [-0.2, 0) is 0 Å². The van der Waals surface area contributed by atoms with Gasteiger partial charge in [0.15, 0.2) is 4.47 Å². The molecule has 1 amide bonds. The molecule has 3 aromatic rings. The predicted molar refractivity (Wildman–Crippen MR) is 87.0 cm³/mol. The Labute approximate surface area is 131 Å². The van der Waals surface area contributed by atoms with Crippen molar-refractivity contribution in [3.8, 4) is 0 Å². The Morgan fingerprint density at radius 3 is 2.76 bits per heavy atom. The Kier molecular flexibility index (Phi) is 3.90. The number of carbonyl (C=O) groups is 1. The minimum atomic E-state index is -0.114. The van der Waals surface area contributed by atoms with Crippen molar-refractivity contribution < 1.29 is 4.79 Å². The molecule has 0 radical (unpaired) electrons. The number of thiazole rings is 1. The molecule has 1 N–H and O–H groups in total. The molecule has 0 unspecified atom stereocenters. The number of fused-ring (bicyclic) bond motifs is 1. The zero-order chi connectivity index (χ0) is 14.8. The molecule has 21 heavy (non-hydrogen) atoms. The van der Waals surface area contributed by atoms with Crippen molar-refractivity contribution in [2.75, 3.05) is 0 Å². The maximum atomic E-state index is 12.3. The highest BCUT2D eigenvalue weighted by atomic mass is 35.5. The lowest BCUT2D eigenvalue weighted by Gasteiger charge is -2.14. The molecular weight excluding hydrogens is 304 g/mol. The molecule has 0 saturated carbocycles. The first-order valence-electron chi connectivity index (χ1n) is 6.55. The van der Waals surface area contributed by atoms with Crippen molar-refractivity contribution in [2.45, 2.75) is 13.0 Å². The molecule has 0 aliphatic carbocycles. The molecule has 1 aromatic heterocycles. The summed E-state index contributed by atoms with van der Waals surface area (Å²) in [7, 11) is 0. The van der Waals surface area contributed by atoms with Gasteiger partial charge in [-0.1, -0.05) is 41.9 Å². The Hall–Kier alpha value is -1.91. The Bertz CT molecular complexity index is 785. The van der Waals surface area contributed by atoms with Gasteiger partial charge in [0.25, 0.3) is 5.91 Å². The Morgan fingerprint density at radius 2 is 2.00 bits per heavy atom. The quantitative estimate of drug-likeness (QED) is 0.776. The number of hydrogen-bond donors (Lipinski definition) is 1.